The number of aliphatic hydroxyl groups is 1. The molecule has 15 heavy (non-hydrogen) atoms. The lowest BCUT2D eigenvalue weighted by molar-refractivity contribution is 0.103. The van der Waals surface area contributed by atoms with Gasteiger partial charge in [0.2, 0.25) is 0 Å². The standard InChI is InChI=1S/C11H17NO2S/c12-9-10-1-3-11(4-2-10)15-8-7-14-6-5-13/h1-4,13H,5-9,12H2. The number of thioether (sulfide) groups is 1. The topological polar surface area (TPSA) is 55.5 Å². The Hall–Kier alpha value is -0.550. The molecule has 0 atom stereocenters. The van der Waals surface area contributed by atoms with Crippen molar-refractivity contribution in [2.75, 3.05) is 25.6 Å². The third kappa shape index (κ3) is 5.18. The largest absolute Gasteiger partial charge is 0.394 e. The Morgan fingerprint density at radius 1 is 1.20 bits per heavy atom. The van der Waals surface area contributed by atoms with E-state index in [1.807, 2.05) is 12.1 Å². The molecule has 0 heterocycles. The van der Waals surface area contributed by atoms with Gasteiger partial charge in [0.25, 0.3) is 0 Å². The Morgan fingerprint density at radius 2 is 1.93 bits per heavy atom. The van der Waals surface area contributed by atoms with E-state index >= 15 is 0 Å². The molecule has 0 fully saturated rings. The lowest BCUT2D eigenvalue weighted by Crippen LogP contribution is -2.02. The Labute approximate surface area is 94.6 Å². The van der Waals surface area contributed by atoms with Crippen LogP contribution in [0.4, 0.5) is 0 Å². The Balaban J connectivity index is 2.20. The van der Waals surface area contributed by atoms with Gasteiger partial charge in [-0.3, -0.25) is 0 Å². The highest BCUT2D eigenvalue weighted by Gasteiger charge is 1.94. The maximum absolute atomic E-state index is 8.50. The molecule has 0 spiro atoms. The monoisotopic (exact) mass is 227 g/mol. The average Bonchev–Trinajstić information content (AvgIpc) is 2.30. The minimum atomic E-state index is 0.0931. The van der Waals surface area contributed by atoms with Gasteiger partial charge in [-0.15, -0.1) is 11.8 Å². The third-order valence-electron chi connectivity index (χ3n) is 1.89. The fourth-order valence-electron chi connectivity index (χ4n) is 1.11. The molecule has 0 unspecified atom stereocenters. The normalized spacial score (nSPS) is 10.5. The van der Waals surface area contributed by atoms with Crippen molar-refractivity contribution in [3.8, 4) is 0 Å². The molecule has 1 aromatic carbocycles. The third-order valence-corrected chi connectivity index (χ3v) is 2.87. The summed E-state index contributed by atoms with van der Waals surface area (Å²) in [6, 6.07) is 8.21. The van der Waals surface area contributed by atoms with E-state index in [-0.39, 0.29) is 6.61 Å². The van der Waals surface area contributed by atoms with Gasteiger partial charge < -0.3 is 15.6 Å². The van der Waals surface area contributed by atoms with Crippen LogP contribution in [0, 0.1) is 0 Å². The van der Waals surface area contributed by atoms with Crippen molar-refractivity contribution in [3.63, 3.8) is 0 Å². The fourth-order valence-corrected chi connectivity index (χ4v) is 1.87. The predicted molar refractivity (Wildman–Crippen MR) is 63.0 cm³/mol. The minimum Gasteiger partial charge on any atom is -0.394 e. The van der Waals surface area contributed by atoms with Crippen molar-refractivity contribution >= 4 is 11.8 Å². The van der Waals surface area contributed by atoms with Crippen LogP contribution in [0.25, 0.3) is 0 Å². The van der Waals surface area contributed by atoms with Gasteiger partial charge in [-0.25, -0.2) is 0 Å². The molecule has 0 aromatic heterocycles. The first-order valence-electron chi connectivity index (χ1n) is 4.97. The van der Waals surface area contributed by atoms with Crippen molar-refractivity contribution in [2.24, 2.45) is 5.73 Å². The van der Waals surface area contributed by atoms with E-state index in [1.165, 1.54) is 4.90 Å². The number of ether oxygens (including phenoxy) is 1. The number of hydrogen-bond donors (Lipinski definition) is 2. The summed E-state index contributed by atoms with van der Waals surface area (Å²) in [7, 11) is 0. The van der Waals surface area contributed by atoms with Gasteiger partial charge in [-0.05, 0) is 17.7 Å². The summed E-state index contributed by atoms with van der Waals surface area (Å²) in [6.07, 6.45) is 0. The van der Waals surface area contributed by atoms with Gasteiger partial charge in [-0.1, -0.05) is 12.1 Å². The second-order valence-electron chi connectivity index (χ2n) is 3.03. The van der Waals surface area contributed by atoms with Gasteiger partial charge in [-0.2, -0.15) is 0 Å². The van der Waals surface area contributed by atoms with Gasteiger partial charge in [0.05, 0.1) is 19.8 Å². The highest BCUT2D eigenvalue weighted by molar-refractivity contribution is 7.99. The van der Waals surface area contributed by atoms with Crippen molar-refractivity contribution < 1.29 is 9.84 Å². The number of aliphatic hydroxyl groups excluding tert-OH is 1. The summed E-state index contributed by atoms with van der Waals surface area (Å²) in [4.78, 5) is 1.22. The van der Waals surface area contributed by atoms with E-state index < -0.39 is 0 Å². The molecule has 3 N–H and O–H groups in total. The summed E-state index contributed by atoms with van der Waals surface area (Å²) >= 11 is 1.74. The average molecular weight is 227 g/mol. The van der Waals surface area contributed by atoms with Gasteiger partial charge >= 0.3 is 0 Å². The van der Waals surface area contributed by atoms with E-state index in [9.17, 15) is 0 Å². The highest BCUT2D eigenvalue weighted by Crippen LogP contribution is 2.17. The van der Waals surface area contributed by atoms with Crippen molar-refractivity contribution in [1.82, 2.24) is 0 Å². The summed E-state index contributed by atoms with van der Waals surface area (Å²) in [5.74, 6) is 0.905. The maximum atomic E-state index is 8.50. The molecule has 0 aliphatic carbocycles. The first-order chi connectivity index (χ1) is 7.36. The molecule has 0 aliphatic heterocycles. The van der Waals surface area contributed by atoms with Crippen molar-refractivity contribution in [1.29, 1.82) is 0 Å². The first kappa shape index (κ1) is 12.5. The summed E-state index contributed by atoms with van der Waals surface area (Å²) in [5.41, 5.74) is 6.65. The van der Waals surface area contributed by atoms with E-state index in [2.05, 4.69) is 12.1 Å². The van der Waals surface area contributed by atoms with Gasteiger partial charge in [0, 0.05) is 17.2 Å². The van der Waals surface area contributed by atoms with Gasteiger partial charge in [0.15, 0.2) is 0 Å². The Kier molecular flexibility index (Phi) is 6.43. The lowest BCUT2D eigenvalue weighted by atomic mass is 10.2. The molecule has 84 valence electrons. The van der Waals surface area contributed by atoms with E-state index in [0.717, 1.165) is 11.3 Å². The van der Waals surface area contributed by atoms with Crippen LogP contribution in [0.5, 0.6) is 0 Å². The second kappa shape index (κ2) is 7.70. The quantitative estimate of drug-likeness (QED) is 0.543. The molecule has 4 heteroatoms. The fraction of sp³-hybridized carbons (Fsp3) is 0.455. The molecule has 0 radical (unpaired) electrons. The number of rotatable bonds is 7. The van der Waals surface area contributed by atoms with Crippen LogP contribution in [0.1, 0.15) is 5.56 Å². The molecule has 0 bridgehead atoms. The van der Waals surface area contributed by atoms with E-state index in [0.29, 0.717) is 19.8 Å². The molecule has 0 amide bonds. The SMILES string of the molecule is NCc1ccc(SCCOCCO)cc1. The smallest absolute Gasteiger partial charge is 0.0698 e. The molecular weight excluding hydrogens is 210 g/mol. The Morgan fingerprint density at radius 3 is 2.53 bits per heavy atom. The van der Waals surface area contributed by atoms with Crippen LogP contribution < -0.4 is 5.73 Å². The zero-order valence-electron chi connectivity index (χ0n) is 8.69. The van der Waals surface area contributed by atoms with Gasteiger partial charge in [0.1, 0.15) is 0 Å². The number of benzene rings is 1. The van der Waals surface area contributed by atoms with E-state index in [1.54, 1.807) is 11.8 Å². The molecular formula is C11H17NO2S. The molecule has 0 saturated carbocycles. The molecule has 0 aliphatic rings. The Bertz CT molecular complexity index is 264. The molecule has 1 rings (SSSR count). The van der Waals surface area contributed by atoms with Crippen LogP contribution in [-0.4, -0.2) is 30.7 Å². The molecule has 0 saturated heterocycles. The minimum absolute atomic E-state index is 0.0931. The molecule has 1 aromatic rings. The van der Waals surface area contributed by atoms with Crippen LogP contribution in [0.2, 0.25) is 0 Å². The van der Waals surface area contributed by atoms with Crippen molar-refractivity contribution in [2.45, 2.75) is 11.4 Å². The molecule has 3 nitrogen and oxygen atoms in total. The number of hydrogen-bond acceptors (Lipinski definition) is 4. The van der Waals surface area contributed by atoms with Crippen LogP contribution >= 0.6 is 11.8 Å². The van der Waals surface area contributed by atoms with Crippen molar-refractivity contribution in [3.05, 3.63) is 29.8 Å². The zero-order valence-corrected chi connectivity index (χ0v) is 9.50. The number of nitrogens with two attached hydrogens (primary N) is 1. The van der Waals surface area contributed by atoms with E-state index in [4.69, 9.17) is 15.6 Å². The highest BCUT2D eigenvalue weighted by atomic mass is 32.2. The zero-order chi connectivity index (χ0) is 10.9. The van der Waals surface area contributed by atoms with Crippen LogP contribution in [0.3, 0.4) is 0 Å². The van der Waals surface area contributed by atoms with Crippen LogP contribution in [0.15, 0.2) is 29.2 Å². The summed E-state index contributed by atoms with van der Waals surface area (Å²) < 4.78 is 5.16. The maximum Gasteiger partial charge on any atom is 0.0698 e. The second-order valence-corrected chi connectivity index (χ2v) is 4.20. The first-order valence-corrected chi connectivity index (χ1v) is 5.96. The predicted octanol–water partition coefficient (Wildman–Crippen LogP) is 1.25. The van der Waals surface area contributed by atoms with Crippen LogP contribution in [-0.2, 0) is 11.3 Å². The summed E-state index contributed by atoms with van der Waals surface area (Å²) in [5, 5.41) is 8.50. The summed E-state index contributed by atoms with van der Waals surface area (Å²) in [6.45, 7) is 1.77. The lowest BCUT2D eigenvalue weighted by Gasteiger charge is -2.03.